The minimum Gasteiger partial charge on any atom is -0.454 e. The third-order valence-electron chi connectivity index (χ3n) is 8.26. The lowest BCUT2D eigenvalue weighted by Crippen LogP contribution is -2.47. The molecule has 9 nitrogen and oxygen atoms in total. The molecule has 40 heavy (non-hydrogen) atoms. The Balaban J connectivity index is 1.25. The van der Waals surface area contributed by atoms with Crippen LogP contribution >= 0.6 is 0 Å². The van der Waals surface area contributed by atoms with Gasteiger partial charge in [0.05, 0.1) is 25.0 Å². The van der Waals surface area contributed by atoms with Gasteiger partial charge in [0.15, 0.2) is 11.5 Å². The Morgan fingerprint density at radius 2 is 1.75 bits per heavy atom. The molecule has 2 amide bonds. The van der Waals surface area contributed by atoms with Gasteiger partial charge in [0.1, 0.15) is 12.4 Å². The number of fused-ring (bicyclic) bond motifs is 1. The average Bonchev–Trinajstić information content (AvgIpc) is 3.76. The molecule has 6 rings (SSSR count). The largest absolute Gasteiger partial charge is 0.454 e. The highest BCUT2D eigenvalue weighted by molar-refractivity contribution is 6.03. The van der Waals surface area contributed by atoms with E-state index in [4.69, 9.17) is 19.3 Å². The van der Waals surface area contributed by atoms with E-state index in [2.05, 4.69) is 4.90 Å². The molecule has 1 saturated heterocycles. The average molecular weight is 551 g/mol. The number of carbonyl (C=O) groups is 2. The van der Waals surface area contributed by atoms with Gasteiger partial charge in [0.2, 0.25) is 12.7 Å². The van der Waals surface area contributed by atoms with Crippen molar-refractivity contribution in [1.82, 2.24) is 14.8 Å². The Kier molecular flexibility index (Phi) is 7.97. The second-order valence-corrected chi connectivity index (χ2v) is 10.8. The van der Waals surface area contributed by atoms with Gasteiger partial charge in [-0.1, -0.05) is 31.0 Å². The molecule has 0 radical (unpaired) electrons. The van der Waals surface area contributed by atoms with Crippen molar-refractivity contribution in [3.05, 3.63) is 59.4 Å². The zero-order valence-electron chi connectivity index (χ0n) is 22.6. The zero-order valence-corrected chi connectivity index (χ0v) is 22.6. The number of hydrogen-bond acceptors (Lipinski definition) is 7. The van der Waals surface area contributed by atoms with Crippen molar-refractivity contribution in [1.29, 1.82) is 0 Å². The predicted octanol–water partition coefficient (Wildman–Crippen LogP) is 3.58. The maximum atomic E-state index is 14.0. The fourth-order valence-electron chi connectivity index (χ4n) is 5.96. The van der Waals surface area contributed by atoms with Gasteiger partial charge in [0.25, 0.3) is 5.91 Å². The molecule has 1 saturated carbocycles. The smallest absolute Gasteiger partial charge is 0.262 e. The number of hydrazone groups is 1. The van der Waals surface area contributed by atoms with Crippen molar-refractivity contribution in [2.75, 3.05) is 52.7 Å². The number of halogens is 1. The Morgan fingerprint density at radius 1 is 1.00 bits per heavy atom. The van der Waals surface area contributed by atoms with Crippen LogP contribution in [0.3, 0.4) is 0 Å². The van der Waals surface area contributed by atoms with Crippen LogP contribution in [0.5, 0.6) is 11.5 Å². The van der Waals surface area contributed by atoms with Crippen molar-refractivity contribution >= 4 is 17.5 Å². The van der Waals surface area contributed by atoms with E-state index in [0.29, 0.717) is 49.9 Å². The Labute approximate surface area is 233 Å². The predicted molar refractivity (Wildman–Crippen MR) is 146 cm³/mol. The fraction of sp³-hybridized carbons (Fsp3) is 0.500. The Hall–Kier alpha value is -3.50. The van der Waals surface area contributed by atoms with Crippen molar-refractivity contribution < 1.29 is 28.2 Å². The van der Waals surface area contributed by atoms with E-state index in [1.54, 1.807) is 17.0 Å². The number of benzene rings is 2. The Bertz CT molecular complexity index is 1260. The number of morpholine rings is 1. The second kappa shape index (κ2) is 11.9. The molecular weight excluding hydrogens is 515 g/mol. The number of ether oxygens (including phenoxy) is 3. The molecule has 1 aliphatic carbocycles. The number of hydrogen-bond donors (Lipinski definition) is 0. The SMILES string of the molecule is O=C(C1CCCC1)N(CCN1CCOCC1)CC(=O)N1N=C(c2ccc(F)cc2)C[C@@H]1c1ccc2c(c1)OCO2. The molecular formula is C30H35FN4O5. The zero-order chi connectivity index (χ0) is 27.5. The lowest BCUT2D eigenvalue weighted by molar-refractivity contribution is -0.144. The molecule has 0 spiro atoms. The lowest BCUT2D eigenvalue weighted by atomic mass is 9.98. The number of rotatable bonds is 8. The quantitative estimate of drug-likeness (QED) is 0.500. The summed E-state index contributed by atoms with van der Waals surface area (Å²) < 4.78 is 30.2. The molecule has 0 aromatic heterocycles. The van der Waals surface area contributed by atoms with E-state index in [-0.39, 0.29) is 42.9 Å². The topological polar surface area (TPSA) is 83.9 Å². The first-order chi connectivity index (χ1) is 19.5. The summed E-state index contributed by atoms with van der Waals surface area (Å²) in [5.74, 6) is 0.746. The van der Waals surface area contributed by atoms with E-state index >= 15 is 0 Å². The van der Waals surface area contributed by atoms with Crippen LogP contribution in [-0.4, -0.2) is 85.1 Å². The van der Waals surface area contributed by atoms with Gasteiger partial charge in [-0.2, -0.15) is 5.10 Å². The molecule has 1 atom stereocenters. The van der Waals surface area contributed by atoms with Gasteiger partial charge < -0.3 is 19.1 Å². The van der Waals surface area contributed by atoms with Gasteiger partial charge in [-0.25, -0.2) is 9.40 Å². The van der Waals surface area contributed by atoms with Crippen LogP contribution in [0.1, 0.15) is 49.3 Å². The molecule has 4 aliphatic rings. The maximum absolute atomic E-state index is 14.0. The molecule has 3 heterocycles. The summed E-state index contributed by atoms with van der Waals surface area (Å²) in [6.45, 7) is 4.31. The molecule has 3 aliphatic heterocycles. The maximum Gasteiger partial charge on any atom is 0.262 e. The summed E-state index contributed by atoms with van der Waals surface area (Å²) in [5, 5.41) is 6.24. The molecule has 0 N–H and O–H groups in total. The van der Waals surface area contributed by atoms with E-state index < -0.39 is 0 Å². The number of nitrogens with zero attached hydrogens (tertiary/aromatic N) is 4. The van der Waals surface area contributed by atoms with Crippen molar-refractivity contribution in [2.45, 2.75) is 38.1 Å². The highest BCUT2D eigenvalue weighted by atomic mass is 19.1. The fourth-order valence-corrected chi connectivity index (χ4v) is 5.96. The van der Waals surface area contributed by atoms with E-state index in [9.17, 15) is 14.0 Å². The van der Waals surface area contributed by atoms with Crippen LogP contribution < -0.4 is 9.47 Å². The summed E-state index contributed by atoms with van der Waals surface area (Å²) in [6, 6.07) is 11.4. The lowest BCUT2D eigenvalue weighted by Gasteiger charge is -2.32. The monoisotopic (exact) mass is 550 g/mol. The number of amides is 2. The molecule has 2 aromatic carbocycles. The first kappa shape index (κ1) is 26.7. The Morgan fingerprint density at radius 3 is 2.52 bits per heavy atom. The highest BCUT2D eigenvalue weighted by Crippen LogP contribution is 2.39. The first-order valence-corrected chi connectivity index (χ1v) is 14.2. The van der Waals surface area contributed by atoms with E-state index in [1.807, 2.05) is 18.2 Å². The van der Waals surface area contributed by atoms with Crippen molar-refractivity contribution in [3.63, 3.8) is 0 Å². The van der Waals surface area contributed by atoms with E-state index in [0.717, 1.165) is 49.9 Å². The molecule has 0 bridgehead atoms. The first-order valence-electron chi connectivity index (χ1n) is 14.2. The molecule has 0 unspecified atom stereocenters. The third kappa shape index (κ3) is 5.83. The van der Waals surface area contributed by atoms with Crippen molar-refractivity contribution in [2.24, 2.45) is 11.0 Å². The minimum atomic E-state index is -0.385. The van der Waals surface area contributed by atoms with Crippen LogP contribution in [0.25, 0.3) is 0 Å². The normalized spacial score (nSPS) is 21.1. The van der Waals surface area contributed by atoms with Crippen LogP contribution in [0.15, 0.2) is 47.6 Å². The molecule has 2 aromatic rings. The van der Waals surface area contributed by atoms with Crippen LogP contribution in [0.2, 0.25) is 0 Å². The van der Waals surface area contributed by atoms with Gasteiger partial charge in [-0.3, -0.25) is 14.5 Å². The number of carbonyl (C=O) groups excluding carboxylic acids is 2. The van der Waals surface area contributed by atoms with Gasteiger partial charge in [-0.05, 0) is 48.2 Å². The molecule has 2 fully saturated rings. The van der Waals surface area contributed by atoms with Crippen LogP contribution in [0, 0.1) is 11.7 Å². The third-order valence-corrected chi connectivity index (χ3v) is 8.26. The van der Waals surface area contributed by atoms with Gasteiger partial charge >= 0.3 is 0 Å². The highest BCUT2D eigenvalue weighted by Gasteiger charge is 2.36. The van der Waals surface area contributed by atoms with Crippen LogP contribution in [0.4, 0.5) is 4.39 Å². The molecule has 10 heteroatoms. The summed E-state index contributed by atoms with van der Waals surface area (Å²) in [6.07, 6.45) is 4.30. The second-order valence-electron chi connectivity index (χ2n) is 10.8. The van der Waals surface area contributed by atoms with Crippen LogP contribution in [-0.2, 0) is 14.3 Å². The van der Waals surface area contributed by atoms with Gasteiger partial charge in [-0.15, -0.1) is 0 Å². The standard InChI is InChI=1S/C30H35FN4O5/c31-24-8-5-21(6-9-24)25-18-26(23-7-10-27-28(17-23)40-20-39-27)35(32-25)29(36)19-34(30(37)22-3-1-2-4-22)12-11-33-13-15-38-16-14-33/h5-10,17,22,26H,1-4,11-16,18-20H2/t26-/m1/s1. The summed E-state index contributed by atoms with van der Waals surface area (Å²) >= 11 is 0. The molecule has 212 valence electrons. The van der Waals surface area contributed by atoms with Crippen molar-refractivity contribution in [3.8, 4) is 11.5 Å². The van der Waals surface area contributed by atoms with E-state index in [1.165, 1.54) is 17.1 Å². The summed E-state index contributed by atoms with van der Waals surface area (Å²) in [4.78, 5) is 31.5. The summed E-state index contributed by atoms with van der Waals surface area (Å²) in [5.41, 5.74) is 2.31. The summed E-state index contributed by atoms with van der Waals surface area (Å²) in [7, 11) is 0. The van der Waals surface area contributed by atoms with Gasteiger partial charge in [0, 0.05) is 38.5 Å². The minimum absolute atomic E-state index is 0.0287.